The molecule has 0 saturated carbocycles. The highest BCUT2D eigenvalue weighted by Gasteiger charge is 2.18. The van der Waals surface area contributed by atoms with Crippen LogP contribution in [-0.2, 0) is 0 Å². The molecular formula is C26H23ClO6. The molecule has 0 bridgehead atoms. The Labute approximate surface area is 196 Å². The fraction of sp³-hybridized carbons (Fsp3) is 0.154. The van der Waals surface area contributed by atoms with E-state index in [1.54, 1.807) is 20.3 Å². The summed E-state index contributed by atoms with van der Waals surface area (Å²) < 4.78 is 21.0. The van der Waals surface area contributed by atoms with Crippen molar-refractivity contribution in [1.82, 2.24) is 0 Å². The molecule has 0 aliphatic rings. The lowest BCUT2D eigenvalue weighted by molar-refractivity contribution is 0.111. The molecule has 0 fully saturated rings. The first-order valence-electron chi connectivity index (χ1n) is 9.92. The SMILES string of the molecule is COc1c(Cl)c(C=O)c(OC)c2ccccc12.COc1cc(C=O)c(OC)c2ccccc12. The molecule has 0 aliphatic carbocycles. The van der Waals surface area contributed by atoms with Gasteiger partial charge in [-0.15, -0.1) is 0 Å². The lowest BCUT2D eigenvalue weighted by Gasteiger charge is -2.14. The van der Waals surface area contributed by atoms with Crippen molar-refractivity contribution in [2.75, 3.05) is 28.4 Å². The van der Waals surface area contributed by atoms with Gasteiger partial charge in [-0.3, -0.25) is 9.59 Å². The van der Waals surface area contributed by atoms with Gasteiger partial charge in [-0.2, -0.15) is 0 Å². The van der Waals surface area contributed by atoms with E-state index in [9.17, 15) is 9.59 Å². The zero-order chi connectivity index (χ0) is 24.0. The lowest BCUT2D eigenvalue weighted by atomic mass is 10.0. The van der Waals surface area contributed by atoms with E-state index in [0.29, 0.717) is 40.4 Å². The Morgan fingerprint density at radius 2 is 1.12 bits per heavy atom. The number of ether oxygens (including phenoxy) is 4. The highest BCUT2D eigenvalue weighted by atomic mass is 35.5. The molecule has 6 nitrogen and oxygen atoms in total. The zero-order valence-electron chi connectivity index (χ0n) is 18.7. The minimum Gasteiger partial charge on any atom is -0.496 e. The van der Waals surface area contributed by atoms with Crippen LogP contribution in [0.4, 0.5) is 0 Å². The maximum atomic E-state index is 11.1. The van der Waals surface area contributed by atoms with Crippen molar-refractivity contribution >= 4 is 45.7 Å². The fourth-order valence-corrected chi connectivity index (χ4v) is 4.02. The topological polar surface area (TPSA) is 71.1 Å². The molecule has 7 heteroatoms. The van der Waals surface area contributed by atoms with E-state index in [0.717, 1.165) is 27.8 Å². The Bertz CT molecular complexity index is 1320. The first kappa shape index (κ1) is 23.9. The quantitative estimate of drug-likeness (QED) is 0.325. The highest BCUT2D eigenvalue weighted by Crippen LogP contribution is 2.42. The molecule has 0 amide bonds. The van der Waals surface area contributed by atoms with E-state index in [2.05, 4.69) is 0 Å². The average molecular weight is 467 g/mol. The molecule has 0 saturated heterocycles. The number of carbonyl (C=O) groups is 2. The monoisotopic (exact) mass is 466 g/mol. The summed E-state index contributed by atoms with van der Waals surface area (Å²) in [6.07, 6.45) is 1.45. The summed E-state index contributed by atoms with van der Waals surface area (Å²) in [4.78, 5) is 22.1. The fourth-order valence-electron chi connectivity index (χ4n) is 3.71. The zero-order valence-corrected chi connectivity index (χ0v) is 19.4. The molecule has 0 radical (unpaired) electrons. The van der Waals surface area contributed by atoms with Crippen molar-refractivity contribution in [1.29, 1.82) is 0 Å². The summed E-state index contributed by atoms with van der Waals surface area (Å²) in [6, 6.07) is 16.8. The van der Waals surface area contributed by atoms with Crippen molar-refractivity contribution in [3.63, 3.8) is 0 Å². The molecule has 0 spiro atoms. The number of rotatable bonds is 6. The van der Waals surface area contributed by atoms with Crippen LogP contribution in [0.3, 0.4) is 0 Å². The van der Waals surface area contributed by atoms with Crippen molar-refractivity contribution in [2.45, 2.75) is 0 Å². The van der Waals surface area contributed by atoms with E-state index >= 15 is 0 Å². The van der Waals surface area contributed by atoms with Gasteiger partial charge in [0.05, 0.1) is 44.6 Å². The number of carbonyl (C=O) groups excluding carboxylic acids is 2. The third kappa shape index (κ3) is 4.43. The van der Waals surface area contributed by atoms with Crippen LogP contribution < -0.4 is 18.9 Å². The number of halogens is 1. The van der Waals surface area contributed by atoms with Gasteiger partial charge in [0.25, 0.3) is 0 Å². The predicted octanol–water partition coefficient (Wildman–Crippen LogP) is 5.99. The molecule has 4 aromatic carbocycles. The van der Waals surface area contributed by atoms with Gasteiger partial charge in [-0.05, 0) is 6.07 Å². The Balaban J connectivity index is 0.000000186. The van der Waals surface area contributed by atoms with Gasteiger partial charge in [0.2, 0.25) is 0 Å². The van der Waals surface area contributed by atoms with E-state index in [1.165, 1.54) is 14.2 Å². The van der Waals surface area contributed by atoms with Crippen molar-refractivity contribution in [3.8, 4) is 23.0 Å². The Morgan fingerprint density at radius 1 is 0.636 bits per heavy atom. The van der Waals surface area contributed by atoms with Gasteiger partial charge >= 0.3 is 0 Å². The van der Waals surface area contributed by atoms with Crippen LogP contribution in [0.15, 0.2) is 54.6 Å². The molecule has 0 atom stereocenters. The Morgan fingerprint density at radius 3 is 1.58 bits per heavy atom. The standard InChI is InChI=1S/C13H11ClO3.C13H12O3/c1-16-12-8-5-3-4-6-9(8)13(17-2)11(14)10(12)7-15;1-15-12-7-9(8-14)13(16-2)11-6-4-3-5-10(11)12/h3-7H,1-2H3;3-8H,1-2H3. The predicted molar refractivity (Wildman–Crippen MR) is 130 cm³/mol. The molecule has 0 heterocycles. The van der Waals surface area contributed by atoms with Crippen LogP contribution in [0, 0.1) is 0 Å². The number of methoxy groups -OCH3 is 4. The van der Waals surface area contributed by atoms with Crippen LogP contribution >= 0.6 is 11.6 Å². The van der Waals surface area contributed by atoms with E-state index in [1.807, 2.05) is 48.5 Å². The molecule has 170 valence electrons. The van der Waals surface area contributed by atoms with Crippen LogP contribution in [-0.4, -0.2) is 41.0 Å². The minimum absolute atomic E-state index is 0.276. The number of hydrogen-bond acceptors (Lipinski definition) is 6. The van der Waals surface area contributed by atoms with Crippen LogP contribution in [0.1, 0.15) is 20.7 Å². The molecular weight excluding hydrogens is 444 g/mol. The normalized spacial score (nSPS) is 10.2. The largest absolute Gasteiger partial charge is 0.496 e. The third-order valence-corrected chi connectivity index (χ3v) is 5.54. The van der Waals surface area contributed by atoms with Crippen molar-refractivity contribution in [3.05, 3.63) is 70.7 Å². The third-order valence-electron chi connectivity index (χ3n) is 5.16. The minimum atomic E-state index is 0.276. The molecule has 4 rings (SSSR count). The van der Waals surface area contributed by atoms with E-state index in [4.69, 9.17) is 30.5 Å². The lowest BCUT2D eigenvalue weighted by Crippen LogP contribution is -1.97. The van der Waals surface area contributed by atoms with Gasteiger partial charge in [-0.1, -0.05) is 60.1 Å². The second-order valence-corrected chi connectivity index (χ2v) is 7.20. The average Bonchev–Trinajstić information content (AvgIpc) is 2.87. The van der Waals surface area contributed by atoms with Crippen molar-refractivity contribution in [2.24, 2.45) is 0 Å². The molecule has 0 unspecified atom stereocenters. The van der Waals surface area contributed by atoms with Gasteiger partial charge in [0.1, 0.15) is 23.0 Å². The highest BCUT2D eigenvalue weighted by molar-refractivity contribution is 6.36. The Hall–Kier alpha value is -3.77. The summed E-state index contributed by atoms with van der Waals surface area (Å²) in [6.45, 7) is 0. The molecule has 0 N–H and O–H groups in total. The van der Waals surface area contributed by atoms with E-state index in [-0.39, 0.29) is 5.02 Å². The first-order valence-corrected chi connectivity index (χ1v) is 10.3. The van der Waals surface area contributed by atoms with Gasteiger partial charge < -0.3 is 18.9 Å². The van der Waals surface area contributed by atoms with Gasteiger partial charge in [0.15, 0.2) is 12.6 Å². The Kier molecular flexibility index (Phi) is 7.74. The van der Waals surface area contributed by atoms with Gasteiger partial charge in [-0.25, -0.2) is 0 Å². The second-order valence-electron chi connectivity index (χ2n) is 6.82. The van der Waals surface area contributed by atoms with Crippen LogP contribution in [0.5, 0.6) is 23.0 Å². The van der Waals surface area contributed by atoms with Crippen LogP contribution in [0.2, 0.25) is 5.02 Å². The summed E-state index contributed by atoms with van der Waals surface area (Å²) >= 11 is 6.14. The first-order chi connectivity index (χ1) is 16.1. The maximum absolute atomic E-state index is 11.1. The molecule has 0 aliphatic heterocycles. The van der Waals surface area contributed by atoms with Crippen LogP contribution in [0.25, 0.3) is 21.5 Å². The molecule has 4 aromatic rings. The van der Waals surface area contributed by atoms with E-state index < -0.39 is 0 Å². The van der Waals surface area contributed by atoms with Gasteiger partial charge in [0, 0.05) is 21.5 Å². The number of fused-ring (bicyclic) bond motifs is 2. The molecule has 33 heavy (non-hydrogen) atoms. The summed E-state index contributed by atoms with van der Waals surface area (Å²) in [5.74, 6) is 2.23. The summed E-state index contributed by atoms with van der Waals surface area (Å²) in [7, 11) is 6.18. The molecule has 0 aromatic heterocycles. The smallest absolute Gasteiger partial charge is 0.155 e. The summed E-state index contributed by atoms with van der Waals surface area (Å²) in [5, 5.41) is 3.72. The number of hydrogen-bond donors (Lipinski definition) is 0. The number of aldehydes is 2. The maximum Gasteiger partial charge on any atom is 0.155 e. The summed E-state index contributed by atoms with van der Waals surface area (Å²) in [5.41, 5.74) is 0.808. The number of benzene rings is 4. The van der Waals surface area contributed by atoms with Crippen molar-refractivity contribution < 1.29 is 28.5 Å². The second kappa shape index (κ2) is 10.7.